The summed E-state index contributed by atoms with van der Waals surface area (Å²) in [5.41, 5.74) is 0.969. The number of nitrogens with one attached hydrogen (secondary N) is 2. The number of methoxy groups -OCH3 is 1. The Kier molecular flexibility index (Phi) is 13.1. The van der Waals surface area contributed by atoms with Crippen molar-refractivity contribution >= 4 is 29.9 Å². The van der Waals surface area contributed by atoms with E-state index in [0.717, 1.165) is 50.7 Å². The number of halogens is 1. The molecule has 1 aliphatic heterocycles. The highest BCUT2D eigenvalue weighted by Crippen LogP contribution is 2.13. The third kappa shape index (κ3) is 9.54. The summed E-state index contributed by atoms with van der Waals surface area (Å²) in [6, 6.07) is 3.87. The summed E-state index contributed by atoms with van der Waals surface area (Å²) in [6.07, 6.45) is 3.88. The number of ether oxygens (including phenoxy) is 4. The lowest BCUT2D eigenvalue weighted by atomic mass is 10.2. The number of guanidine groups is 1. The fraction of sp³-hybridized carbons (Fsp3) is 0.667. The number of hydrogen-bond donors (Lipinski definition) is 2. The topological polar surface area (TPSA) is 86.2 Å². The van der Waals surface area contributed by atoms with Crippen LogP contribution < -0.4 is 15.4 Å². The normalized spacial score (nSPS) is 16.7. The maximum absolute atomic E-state index is 5.75. The van der Waals surface area contributed by atoms with Gasteiger partial charge in [-0.1, -0.05) is 6.07 Å². The molecule has 0 radical (unpaired) electrons. The molecule has 8 nitrogen and oxygen atoms in total. The average Bonchev–Trinajstić information content (AvgIpc) is 3.18. The SMILES string of the molecule is CN=C(NCCCOC1CCOC1)NCc1cccnc1OCCOC.I. The smallest absolute Gasteiger partial charge is 0.218 e. The molecule has 1 atom stereocenters. The number of nitrogens with zero attached hydrogens (tertiary/aromatic N) is 2. The lowest BCUT2D eigenvalue weighted by Gasteiger charge is -2.14. The van der Waals surface area contributed by atoms with Crippen molar-refractivity contribution in [3.63, 3.8) is 0 Å². The molecule has 0 saturated carbocycles. The van der Waals surface area contributed by atoms with Crippen molar-refractivity contribution in [2.45, 2.75) is 25.5 Å². The monoisotopic (exact) mass is 494 g/mol. The van der Waals surface area contributed by atoms with E-state index in [1.807, 2.05) is 12.1 Å². The van der Waals surface area contributed by atoms with Crippen molar-refractivity contribution in [1.29, 1.82) is 0 Å². The fourth-order valence-electron chi connectivity index (χ4n) is 2.48. The predicted octanol–water partition coefficient (Wildman–Crippen LogP) is 1.59. The summed E-state index contributed by atoms with van der Waals surface area (Å²) in [4.78, 5) is 8.51. The van der Waals surface area contributed by atoms with E-state index in [1.54, 1.807) is 20.4 Å². The van der Waals surface area contributed by atoms with Gasteiger partial charge in [0, 0.05) is 52.2 Å². The quantitative estimate of drug-likeness (QED) is 0.209. The van der Waals surface area contributed by atoms with Crippen LogP contribution in [-0.2, 0) is 20.8 Å². The molecule has 0 bridgehead atoms. The van der Waals surface area contributed by atoms with Gasteiger partial charge in [-0.3, -0.25) is 4.99 Å². The molecule has 1 aromatic heterocycles. The Morgan fingerprint density at radius 3 is 2.96 bits per heavy atom. The Morgan fingerprint density at radius 1 is 1.33 bits per heavy atom. The minimum absolute atomic E-state index is 0. The second-order valence-electron chi connectivity index (χ2n) is 5.87. The highest BCUT2D eigenvalue weighted by Gasteiger charge is 2.15. The van der Waals surface area contributed by atoms with Gasteiger partial charge in [-0.05, 0) is 18.9 Å². The van der Waals surface area contributed by atoms with Crippen LogP contribution in [-0.4, -0.2) is 70.8 Å². The van der Waals surface area contributed by atoms with Crippen LogP contribution in [0.1, 0.15) is 18.4 Å². The molecule has 2 rings (SSSR count). The molecule has 0 aromatic carbocycles. The maximum Gasteiger partial charge on any atom is 0.218 e. The van der Waals surface area contributed by atoms with Gasteiger partial charge in [0.25, 0.3) is 0 Å². The zero-order valence-electron chi connectivity index (χ0n) is 16.1. The molecule has 154 valence electrons. The summed E-state index contributed by atoms with van der Waals surface area (Å²) >= 11 is 0. The Bertz CT molecular complexity index is 542. The molecular formula is C18H31IN4O4. The Balaban J connectivity index is 0.00000364. The summed E-state index contributed by atoms with van der Waals surface area (Å²) in [7, 11) is 3.40. The molecule has 0 aliphatic carbocycles. The van der Waals surface area contributed by atoms with E-state index in [9.17, 15) is 0 Å². The van der Waals surface area contributed by atoms with Crippen LogP contribution in [0.25, 0.3) is 0 Å². The molecule has 0 spiro atoms. The molecular weight excluding hydrogens is 463 g/mol. The molecule has 1 fully saturated rings. The van der Waals surface area contributed by atoms with Crippen molar-refractivity contribution in [2.75, 3.05) is 53.7 Å². The predicted molar refractivity (Wildman–Crippen MR) is 115 cm³/mol. The molecule has 9 heteroatoms. The zero-order valence-corrected chi connectivity index (χ0v) is 18.4. The zero-order chi connectivity index (χ0) is 18.5. The maximum atomic E-state index is 5.75. The molecule has 0 amide bonds. The van der Waals surface area contributed by atoms with Gasteiger partial charge in [0.2, 0.25) is 5.88 Å². The van der Waals surface area contributed by atoms with Crippen molar-refractivity contribution < 1.29 is 18.9 Å². The third-order valence-electron chi connectivity index (χ3n) is 3.90. The van der Waals surface area contributed by atoms with Crippen molar-refractivity contribution in [2.24, 2.45) is 4.99 Å². The van der Waals surface area contributed by atoms with E-state index in [1.165, 1.54) is 0 Å². The van der Waals surface area contributed by atoms with Gasteiger partial charge in [-0.25, -0.2) is 4.98 Å². The number of rotatable bonds is 11. The third-order valence-corrected chi connectivity index (χ3v) is 3.90. The Hall–Kier alpha value is -1.17. The minimum Gasteiger partial charge on any atom is -0.475 e. The molecule has 1 unspecified atom stereocenters. The minimum atomic E-state index is 0. The highest BCUT2D eigenvalue weighted by atomic mass is 127. The Morgan fingerprint density at radius 2 is 2.22 bits per heavy atom. The lowest BCUT2D eigenvalue weighted by Crippen LogP contribution is -2.37. The van der Waals surface area contributed by atoms with Crippen LogP contribution in [0, 0.1) is 0 Å². The van der Waals surface area contributed by atoms with Crippen molar-refractivity contribution in [3.8, 4) is 5.88 Å². The first kappa shape index (κ1) is 23.9. The van der Waals surface area contributed by atoms with Gasteiger partial charge in [-0.2, -0.15) is 0 Å². The standard InChI is InChI=1S/C18H30N4O4.HI/c1-19-18(21-8-4-9-25-16-6-10-24-14-16)22-13-15-5-3-7-20-17(15)26-12-11-23-2;/h3,5,7,16H,4,6,8-14H2,1-2H3,(H2,19,21,22);1H. The number of aliphatic imine (C=N–C) groups is 1. The van der Waals surface area contributed by atoms with Crippen LogP contribution in [0.3, 0.4) is 0 Å². The first-order valence-electron chi connectivity index (χ1n) is 9.03. The van der Waals surface area contributed by atoms with Gasteiger partial charge in [0.05, 0.1) is 19.3 Å². The summed E-state index contributed by atoms with van der Waals surface area (Å²) in [5, 5.41) is 6.56. The van der Waals surface area contributed by atoms with E-state index in [4.69, 9.17) is 18.9 Å². The van der Waals surface area contributed by atoms with Gasteiger partial charge in [0.15, 0.2) is 5.96 Å². The number of hydrogen-bond acceptors (Lipinski definition) is 6. The molecule has 1 saturated heterocycles. The molecule has 2 N–H and O–H groups in total. The largest absolute Gasteiger partial charge is 0.475 e. The van der Waals surface area contributed by atoms with E-state index >= 15 is 0 Å². The van der Waals surface area contributed by atoms with Gasteiger partial charge in [0.1, 0.15) is 6.61 Å². The van der Waals surface area contributed by atoms with Crippen LogP contribution in [0.15, 0.2) is 23.3 Å². The number of aromatic nitrogens is 1. The van der Waals surface area contributed by atoms with Crippen LogP contribution in [0.2, 0.25) is 0 Å². The first-order valence-corrected chi connectivity index (χ1v) is 9.03. The highest BCUT2D eigenvalue weighted by molar-refractivity contribution is 14.0. The molecule has 1 aliphatic rings. The first-order chi connectivity index (χ1) is 12.8. The van der Waals surface area contributed by atoms with Gasteiger partial charge < -0.3 is 29.6 Å². The second-order valence-corrected chi connectivity index (χ2v) is 5.87. The van der Waals surface area contributed by atoms with E-state index in [2.05, 4.69) is 20.6 Å². The summed E-state index contributed by atoms with van der Waals surface area (Å²) in [5.74, 6) is 1.35. The van der Waals surface area contributed by atoms with Crippen molar-refractivity contribution in [3.05, 3.63) is 23.9 Å². The second kappa shape index (κ2) is 14.8. The lowest BCUT2D eigenvalue weighted by molar-refractivity contribution is 0.0420. The van der Waals surface area contributed by atoms with Gasteiger partial charge >= 0.3 is 0 Å². The average molecular weight is 494 g/mol. The number of pyridine rings is 1. The van der Waals surface area contributed by atoms with Crippen LogP contribution in [0.5, 0.6) is 5.88 Å². The molecule has 1 aromatic rings. The molecule has 2 heterocycles. The Labute approximate surface area is 178 Å². The molecule has 27 heavy (non-hydrogen) atoms. The fourth-order valence-corrected chi connectivity index (χ4v) is 2.48. The summed E-state index contributed by atoms with van der Waals surface area (Å²) < 4.78 is 21.7. The van der Waals surface area contributed by atoms with E-state index in [-0.39, 0.29) is 30.1 Å². The van der Waals surface area contributed by atoms with E-state index in [0.29, 0.717) is 25.6 Å². The van der Waals surface area contributed by atoms with Crippen molar-refractivity contribution in [1.82, 2.24) is 15.6 Å². The van der Waals surface area contributed by atoms with Crippen LogP contribution in [0.4, 0.5) is 0 Å². The summed E-state index contributed by atoms with van der Waals surface area (Å²) in [6.45, 7) is 4.62. The van der Waals surface area contributed by atoms with Gasteiger partial charge in [-0.15, -0.1) is 24.0 Å². The van der Waals surface area contributed by atoms with E-state index < -0.39 is 0 Å². The van der Waals surface area contributed by atoms with Crippen LogP contribution >= 0.6 is 24.0 Å².